The van der Waals surface area contributed by atoms with Crippen molar-refractivity contribution in [2.75, 3.05) is 13.1 Å². The molecule has 0 spiro atoms. The first-order valence-electron chi connectivity index (χ1n) is 8.91. The van der Waals surface area contributed by atoms with Gasteiger partial charge in [0, 0.05) is 19.0 Å². The molecule has 2 aromatic rings. The summed E-state index contributed by atoms with van der Waals surface area (Å²) in [4.78, 5) is 25.4. The van der Waals surface area contributed by atoms with Crippen molar-refractivity contribution < 1.29 is 27.9 Å². The molecule has 1 aromatic heterocycles. The Morgan fingerprint density at radius 1 is 1.17 bits per heavy atom. The lowest BCUT2D eigenvalue weighted by Gasteiger charge is -2.15. The highest BCUT2D eigenvalue weighted by Gasteiger charge is 2.39. The standard InChI is InChI=1S/C18H17F3N4O3.ClH/c19-18(20,21)12-2-1-3-13(8-12)25-15(10-4-5-10)14(22-23-25)16(26)24-7-6-11(9-24)17(27)28;/h1-3,8,10-11H,4-7,9H2,(H,27,28);1H. The highest BCUT2D eigenvalue weighted by Crippen LogP contribution is 2.42. The van der Waals surface area contributed by atoms with Crippen LogP contribution in [0.25, 0.3) is 5.69 Å². The highest BCUT2D eigenvalue weighted by atomic mass is 35.5. The molecule has 0 radical (unpaired) electrons. The number of hydrogen-bond acceptors (Lipinski definition) is 4. The van der Waals surface area contributed by atoms with E-state index in [1.54, 1.807) is 0 Å². The Morgan fingerprint density at radius 3 is 2.48 bits per heavy atom. The minimum atomic E-state index is -4.49. The Hall–Kier alpha value is -2.62. The van der Waals surface area contributed by atoms with Crippen molar-refractivity contribution in [1.82, 2.24) is 19.9 Å². The number of carboxylic acid groups (broad SMARTS) is 1. The van der Waals surface area contributed by atoms with Crippen LogP contribution in [0.3, 0.4) is 0 Å². The van der Waals surface area contributed by atoms with Crippen LogP contribution in [0.4, 0.5) is 13.2 Å². The van der Waals surface area contributed by atoms with E-state index in [-0.39, 0.29) is 36.3 Å². The van der Waals surface area contributed by atoms with E-state index in [2.05, 4.69) is 10.3 Å². The summed E-state index contributed by atoms with van der Waals surface area (Å²) in [5.41, 5.74) is -0.0406. The summed E-state index contributed by atoms with van der Waals surface area (Å²) in [5.74, 6) is -2.00. The molecular formula is C18H18ClF3N4O3. The quantitative estimate of drug-likeness (QED) is 0.805. The number of carbonyl (C=O) groups is 2. The van der Waals surface area contributed by atoms with Crippen LogP contribution in [0.1, 0.15) is 46.9 Å². The van der Waals surface area contributed by atoms with E-state index in [1.165, 1.54) is 21.7 Å². The van der Waals surface area contributed by atoms with Gasteiger partial charge in [0.05, 0.1) is 22.9 Å². The van der Waals surface area contributed by atoms with Gasteiger partial charge in [0.2, 0.25) is 0 Å². The Labute approximate surface area is 169 Å². The molecule has 2 fully saturated rings. The summed E-state index contributed by atoms with van der Waals surface area (Å²) >= 11 is 0. The van der Waals surface area contributed by atoms with E-state index in [0.717, 1.165) is 25.0 Å². The molecule has 2 heterocycles. The van der Waals surface area contributed by atoms with E-state index in [9.17, 15) is 22.8 Å². The van der Waals surface area contributed by atoms with Crippen LogP contribution >= 0.6 is 12.4 Å². The average molecular weight is 431 g/mol. The smallest absolute Gasteiger partial charge is 0.416 e. The lowest BCUT2D eigenvalue weighted by Crippen LogP contribution is -2.31. The van der Waals surface area contributed by atoms with Crippen LogP contribution in [-0.2, 0) is 11.0 Å². The van der Waals surface area contributed by atoms with Crippen molar-refractivity contribution in [3.8, 4) is 5.69 Å². The third-order valence-corrected chi connectivity index (χ3v) is 5.11. The van der Waals surface area contributed by atoms with Crippen LogP contribution in [0.15, 0.2) is 24.3 Å². The van der Waals surface area contributed by atoms with Gasteiger partial charge in [-0.15, -0.1) is 17.5 Å². The molecule has 29 heavy (non-hydrogen) atoms. The molecule has 0 bridgehead atoms. The third-order valence-electron chi connectivity index (χ3n) is 5.11. The van der Waals surface area contributed by atoms with E-state index in [1.807, 2.05) is 0 Å². The van der Waals surface area contributed by atoms with Gasteiger partial charge >= 0.3 is 12.1 Å². The molecule has 7 nitrogen and oxygen atoms in total. The summed E-state index contributed by atoms with van der Waals surface area (Å²) in [7, 11) is 0. The lowest BCUT2D eigenvalue weighted by atomic mass is 10.1. The summed E-state index contributed by atoms with van der Waals surface area (Å²) in [6, 6.07) is 4.72. The van der Waals surface area contributed by atoms with E-state index >= 15 is 0 Å². The number of benzene rings is 1. The number of alkyl halides is 3. The molecule has 1 atom stereocenters. The fraction of sp³-hybridized carbons (Fsp3) is 0.444. The van der Waals surface area contributed by atoms with Crippen LogP contribution in [0.2, 0.25) is 0 Å². The number of carbonyl (C=O) groups excluding carboxylic acids is 1. The number of aromatic nitrogens is 3. The SMILES string of the molecule is Cl.O=C(O)C1CCN(C(=O)c2nnn(-c3cccc(C(F)(F)F)c3)c2C2CC2)C1. The van der Waals surface area contributed by atoms with Crippen molar-refractivity contribution in [2.45, 2.75) is 31.4 Å². The predicted molar refractivity (Wildman–Crippen MR) is 97.2 cm³/mol. The zero-order valence-electron chi connectivity index (χ0n) is 15.1. The minimum Gasteiger partial charge on any atom is -0.481 e. The van der Waals surface area contributed by atoms with Gasteiger partial charge in [0.1, 0.15) is 0 Å². The zero-order valence-corrected chi connectivity index (χ0v) is 15.9. The van der Waals surface area contributed by atoms with Gasteiger partial charge in [-0.1, -0.05) is 11.3 Å². The monoisotopic (exact) mass is 430 g/mol. The second-order valence-electron chi connectivity index (χ2n) is 7.13. The normalized spacial score (nSPS) is 19.1. The number of rotatable bonds is 4. The van der Waals surface area contributed by atoms with Crippen molar-refractivity contribution in [1.29, 1.82) is 0 Å². The van der Waals surface area contributed by atoms with Crippen LogP contribution < -0.4 is 0 Å². The van der Waals surface area contributed by atoms with Gasteiger partial charge in [-0.25, -0.2) is 4.68 Å². The molecular weight excluding hydrogens is 413 g/mol. The van der Waals surface area contributed by atoms with Crippen molar-refractivity contribution in [3.63, 3.8) is 0 Å². The maximum absolute atomic E-state index is 13.0. The second kappa shape index (κ2) is 7.66. The maximum Gasteiger partial charge on any atom is 0.416 e. The Kier molecular flexibility index (Phi) is 5.57. The maximum atomic E-state index is 13.0. The minimum absolute atomic E-state index is 0. The molecule has 1 aliphatic carbocycles. The molecule has 1 saturated carbocycles. The molecule has 1 aromatic carbocycles. The third kappa shape index (κ3) is 4.07. The van der Waals surface area contributed by atoms with Gasteiger partial charge in [-0.05, 0) is 37.5 Å². The summed E-state index contributed by atoms with van der Waals surface area (Å²) in [5, 5.41) is 17.0. The number of likely N-dealkylation sites (tertiary alicyclic amines) is 1. The molecule has 1 aliphatic heterocycles. The van der Waals surface area contributed by atoms with E-state index in [0.29, 0.717) is 18.7 Å². The molecule has 1 N–H and O–H groups in total. The number of amides is 1. The first-order chi connectivity index (χ1) is 13.3. The summed E-state index contributed by atoms with van der Waals surface area (Å²) < 4.78 is 40.4. The molecule has 1 amide bonds. The predicted octanol–water partition coefficient (Wildman–Crippen LogP) is 3.13. The summed E-state index contributed by atoms with van der Waals surface area (Å²) in [6.07, 6.45) is -2.54. The molecule has 4 rings (SSSR count). The largest absolute Gasteiger partial charge is 0.481 e. The van der Waals surface area contributed by atoms with Gasteiger partial charge < -0.3 is 10.0 Å². The first kappa shape index (κ1) is 21.1. The van der Waals surface area contributed by atoms with Gasteiger partial charge in [-0.2, -0.15) is 13.2 Å². The van der Waals surface area contributed by atoms with Gasteiger partial charge in [-0.3, -0.25) is 9.59 Å². The van der Waals surface area contributed by atoms with Crippen molar-refractivity contribution >= 4 is 24.3 Å². The molecule has 1 saturated heterocycles. The van der Waals surface area contributed by atoms with Gasteiger partial charge in [0.25, 0.3) is 5.91 Å². The average Bonchev–Trinajstić information content (AvgIpc) is 3.20. The molecule has 156 valence electrons. The number of nitrogens with zero attached hydrogens (tertiary/aromatic N) is 4. The van der Waals surface area contributed by atoms with Crippen LogP contribution in [0, 0.1) is 5.92 Å². The van der Waals surface area contributed by atoms with Crippen LogP contribution in [0.5, 0.6) is 0 Å². The fourth-order valence-electron chi connectivity index (χ4n) is 3.47. The Morgan fingerprint density at radius 2 is 1.90 bits per heavy atom. The highest BCUT2D eigenvalue weighted by molar-refractivity contribution is 5.94. The number of aliphatic carboxylic acids is 1. The molecule has 2 aliphatic rings. The Balaban J connectivity index is 0.00000240. The molecule has 11 heteroatoms. The zero-order chi connectivity index (χ0) is 20.1. The van der Waals surface area contributed by atoms with Crippen LogP contribution in [-0.4, -0.2) is 50.0 Å². The first-order valence-corrected chi connectivity index (χ1v) is 8.91. The number of carboxylic acids is 1. The van der Waals surface area contributed by atoms with Crippen molar-refractivity contribution in [3.05, 3.63) is 41.2 Å². The number of halogens is 4. The van der Waals surface area contributed by atoms with Gasteiger partial charge in [0.15, 0.2) is 5.69 Å². The van der Waals surface area contributed by atoms with E-state index < -0.39 is 29.5 Å². The molecule has 1 unspecified atom stereocenters. The van der Waals surface area contributed by atoms with E-state index in [4.69, 9.17) is 5.11 Å². The topological polar surface area (TPSA) is 88.3 Å². The number of hydrogen-bond donors (Lipinski definition) is 1. The fourth-order valence-corrected chi connectivity index (χ4v) is 3.47. The van der Waals surface area contributed by atoms with Crippen molar-refractivity contribution in [2.24, 2.45) is 5.92 Å². The summed E-state index contributed by atoms with van der Waals surface area (Å²) in [6.45, 7) is 0.394. The Bertz CT molecular complexity index is 943. The lowest BCUT2D eigenvalue weighted by molar-refractivity contribution is -0.141. The second-order valence-corrected chi connectivity index (χ2v) is 7.13.